The van der Waals surface area contributed by atoms with E-state index in [-0.39, 0.29) is 47.8 Å². The number of halogens is 1. The van der Waals surface area contributed by atoms with E-state index < -0.39 is 22.0 Å². The third-order valence-electron chi connectivity index (χ3n) is 7.93. The number of anilines is 1. The van der Waals surface area contributed by atoms with Gasteiger partial charge < -0.3 is 19.9 Å². The first-order valence-electron chi connectivity index (χ1n) is 13.4. The lowest BCUT2D eigenvalue weighted by molar-refractivity contribution is -0.141. The van der Waals surface area contributed by atoms with Gasteiger partial charge in [-0.25, -0.2) is 17.6 Å². The Morgan fingerprint density at radius 1 is 1.16 bits per heavy atom. The molecule has 2 unspecified atom stereocenters. The molecule has 1 saturated carbocycles. The number of fused-ring (bicyclic) bond motifs is 1. The number of hydrogen-bond acceptors (Lipinski definition) is 6. The highest BCUT2D eigenvalue weighted by atomic mass is 32.2. The van der Waals surface area contributed by atoms with Gasteiger partial charge in [-0.05, 0) is 43.0 Å². The van der Waals surface area contributed by atoms with Gasteiger partial charge in [-0.2, -0.15) is 0 Å². The van der Waals surface area contributed by atoms with Crippen molar-refractivity contribution in [3.63, 3.8) is 0 Å². The van der Waals surface area contributed by atoms with Crippen molar-refractivity contribution in [1.29, 1.82) is 0 Å². The molecule has 1 aliphatic carbocycles. The predicted octanol–water partition coefficient (Wildman–Crippen LogP) is 3.63. The van der Waals surface area contributed by atoms with Gasteiger partial charge in [0.15, 0.2) is 15.9 Å². The van der Waals surface area contributed by atoms with Crippen LogP contribution in [-0.2, 0) is 24.8 Å². The smallest absolute Gasteiger partial charge is 0.408 e. The molecule has 2 atom stereocenters. The van der Waals surface area contributed by atoms with E-state index in [2.05, 4.69) is 24.1 Å². The molecule has 1 aromatic rings. The highest BCUT2D eigenvalue weighted by Crippen LogP contribution is 2.40. The maximum atomic E-state index is 13.8. The van der Waals surface area contributed by atoms with Crippen LogP contribution in [0.4, 0.5) is 14.9 Å². The Hall–Kier alpha value is -2.36. The summed E-state index contributed by atoms with van der Waals surface area (Å²) in [5.74, 6) is -0.375. The summed E-state index contributed by atoms with van der Waals surface area (Å²) < 4.78 is 43.2. The fraction of sp³-hybridized carbons (Fsp3) is 0.704. The maximum absolute atomic E-state index is 13.8. The number of nitrogens with zero attached hydrogens (tertiary/aromatic N) is 2. The first-order chi connectivity index (χ1) is 17.4. The maximum Gasteiger partial charge on any atom is 0.408 e. The third kappa shape index (κ3) is 6.94. The largest absolute Gasteiger partial charge is 0.436 e. The quantitative estimate of drug-likeness (QED) is 0.571. The summed E-state index contributed by atoms with van der Waals surface area (Å²) in [4.78, 5) is 29.9. The van der Waals surface area contributed by atoms with Crippen molar-refractivity contribution < 1.29 is 27.1 Å². The fourth-order valence-corrected chi connectivity index (χ4v) is 7.14. The number of nitrogens with one attached hydrogen (secondary N) is 1. The van der Waals surface area contributed by atoms with Crippen molar-refractivity contribution in [2.45, 2.75) is 76.9 Å². The van der Waals surface area contributed by atoms with Crippen LogP contribution in [0.25, 0.3) is 0 Å². The topological polar surface area (TPSA) is 96.0 Å². The number of sulfone groups is 1. The first kappa shape index (κ1) is 27.7. The van der Waals surface area contributed by atoms with E-state index in [0.717, 1.165) is 36.9 Å². The van der Waals surface area contributed by atoms with Gasteiger partial charge in [0.1, 0.15) is 5.82 Å². The Bertz CT molecular complexity index is 1090. The molecule has 0 radical (unpaired) electrons. The van der Waals surface area contributed by atoms with Crippen LogP contribution in [0.2, 0.25) is 0 Å². The number of benzene rings is 1. The van der Waals surface area contributed by atoms with E-state index in [9.17, 15) is 22.4 Å². The van der Waals surface area contributed by atoms with Crippen molar-refractivity contribution in [1.82, 2.24) is 10.2 Å². The average Bonchev–Trinajstić information content (AvgIpc) is 3.07. The lowest BCUT2D eigenvalue weighted by Crippen LogP contribution is -2.50. The molecule has 8 nitrogen and oxygen atoms in total. The van der Waals surface area contributed by atoms with Crippen LogP contribution in [0, 0.1) is 11.7 Å². The minimum absolute atomic E-state index is 0.0598. The number of carbonyl (C=O) groups excluding carboxylic acids is 2. The Kier molecular flexibility index (Phi) is 8.35. The van der Waals surface area contributed by atoms with Crippen molar-refractivity contribution in [3.05, 3.63) is 29.6 Å². The lowest BCUT2D eigenvalue weighted by atomic mass is 9.85. The summed E-state index contributed by atoms with van der Waals surface area (Å²) in [7, 11) is -3.12. The van der Waals surface area contributed by atoms with Crippen molar-refractivity contribution in [2.75, 3.05) is 42.6 Å². The fourth-order valence-electron chi connectivity index (χ4n) is 5.94. The summed E-state index contributed by atoms with van der Waals surface area (Å²) in [6.45, 7) is 7.51. The Morgan fingerprint density at radius 2 is 1.84 bits per heavy atom. The van der Waals surface area contributed by atoms with Gasteiger partial charge in [-0.3, -0.25) is 4.79 Å². The number of hydrogen-bond donors (Lipinski definition) is 1. The number of carbonyl (C=O) groups is 2. The van der Waals surface area contributed by atoms with Crippen LogP contribution in [0.3, 0.4) is 0 Å². The second-order valence-electron chi connectivity index (χ2n) is 11.6. The van der Waals surface area contributed by atoms with Gasteiger partial charge >= 0.3 is 6.09 Å². The summed E-state index contributed by atoms with van der Waals surface area (Å²) in [5.41, 5.74) is 1.69. The first-order valence-corrected chi connectivity index (χ1v) is 15.3. The molecule has 0 spiro atoms. The SMILES string of the molecule is CC(CN1CC(C)(C)c2cc(F)ccc21)NC(=O)OC(CC1CCCCC1)C(=O)N1CCS(=O)(=O)CC1. The van der Waals surface area contributed by atoms with Crippen molar-refractivity contribution in [3.8, 4) is 0 Å². The summed E-state index contributed by atoms with van der Waals surface area (Å²) in [6.07, 6.45) is 4.29. The van der Waals surface area contributed by atoms with Gasteiger partial charge in [0.25, 0.3) is 5.91 Å². The molecule has 3 aliphatic rings. The molecule has 4 rings (SSSR count). The normalized spacial score (nSPS) is 22.7. The molecule has 1 N–H and O–H groups in total. The molecule has 1 saturated heterocycles. The molecule has 10 heteroatoms. The average molecular weight is 538 g/mol. The third-order valence-corrected chi connectivity index (χ3v) is 9.54. The highest BCUT2D eigenvalue weighted by Gasteiger charge is 2.37. The van der Waals surface area contributed by atoms with Crippen LogP contribution < -0.4 is 10.2 Å². The number of rotatable bonds is 7. The van der Waals surface area contributed by atoms with E-state index in [1.807, 2.05) is 6.92 Å². The van der Waals surface area contributed by atoms with E-state index in [1.165, 1.54) is 17.4 Å². The molecule has 0 bridgehead atoms. The molecule has 2 heterocycles. The van der Waals surface area contributed by atoms with Crippen LogP contribution in [0.15, 0.2) is 18.2 Å². The van der Waals surface area contributed by atoms with Gasteiger partial charge in [0, 0.05) is 43.3 Å². The molecular weight excluding hydrogens is 497 g/mol. The number of ether oxygens (including phenoxy) is 1. The van der Waals surface area contributed by atoms with Gasteiger partial charge in [-0.15, -0.1) is 0 Å². The minimum Gasteiger partial charge on any atom is -0.436 e. The standard InChI is InChI=1S/C27H40FN3O5S/c1-19(17-31-18-27(2,3)22-16-21(28)9-10-23(22)31)29-26(33)36-24(15-20-7-5-4-6-8-20)25(32)30-11-13-37(34,35)14-12-30/h9-10,16,19-20,24H,4-8,11-15,17-18H2,1-3H3,(H,29,33). The zero-order chi connectivity index (χ0) is 26.8. The zero-order valence-corrected chi connectivity index (χ0v) is 23.0. The molecular formula is C27H40FN3O5S. The van der Waals surface area contributed by atoms with E-state index in [4.69, 9.17) is 4.74 Å². The van der Waals surface area contributed by atoms with Crippen LogP contribution >= 0.6 is 0 Å². The Labute approximate surface area is 219 Å². The molecule has 206 valence electrons. The predicted molar refractivity (Wildman–Crippen MR) is 141 cm³/mol. The molecule has 1 aromatic carbocycles. The van der Waals surface area contributed by atoms with E-state index >= 15 is 0 Å². The Morgan fingerprint density at radius 3 is 2.51 bits per heavy atom. The molecule has 2 amide bonds. The van der Waals surface area contributed by atoms with Gasteiger partial charge in [0.2, 0.25) is 0 Å². The van der Waals surface area contributed by atoms with Crippen molar-refractivity contribution in [2.24, 2.45) is 5.92 Å². The minimum atomic E-state index is -3.12. The van der Waals surface area contributed by atoms with Crippen LogP contribution in [0.5, 0.6) is 0 Å². The Balaban J connectivity index is 1.38. The summed E-state index contributed by atoms with van der Waals surface area (Å²) in [5, 5.41) is 2.87. The second-order valence-corrected chi connectivity index (χ2v) is 13.9. The zero-order valence-electron chi connectivity index (χ0n) is 22.2. The van der Waals surface area contributed by atoms with Gasteiger partial charge in [0.05, 0.1) is 11.5 Å². The monoisotopic (exact) mass is 537 g/mol. The van der Waals surface area contributed by atoms with Crippen molar-refractivity contribution >= 4 is 27.5 Å². The number of alkyl carbamates (subject to hydrolysis) is 1. The molecule has 2 aliphatic heterocycles. The van der Waals surface area contributed by atoms with Crippen LogP contribution in [-0.4, -0.2) is 75.1 Å². The summed E-state index contributed by atoms with van der Waals surface area (Å²) in [6, 6.07) is 4.54. The number of amides is 2. The van der Waals surface area contributed by atoms with Gasteiger partial charge in [-0.1, -0.05) is 46.0 Å². The molecule has 2 fully saturated rings. The van der Waals surface area contributed by atoms with Crippen LogP contribution in [0.1, 0.15) is 64.9 Å². The summed E-state index contributed by atoms with van der Waals surface area (Å²) >= 11 is 0. The highest BCUT2D eigenvalue weighted by molar-refractivity contribution is 7.91. The van der Waals surface area contributed by atoms with E-state index in [0.29, 0.717) is 25.4 Å². The lowest BCUT2D eigenvalue weighted by Gasteiger charge is -2.32. The second kappa shape index (κ2) is 11.2. The van der Waals surface area contributed by atoms with E-state index in [1.54, 1.807) is 12.1 Å². The molecule has 0 aromatic heterocycles. The molecule has 37 heavy (non-hydrogen) atoms.